The van der Waals surface area contributed by atoms with Crippen LogP contribution in [0.4, 0.5) is 34.1 Å². The van der Waals surface area contributed by atoms with Crippen molar-refractivity contribution in [2.75, 3.05) is 23.0 Å². The van der Waals surface area contributed by atoms with Gasteiger partial charge >= 0.3 is 11.9 Å². The molecular weight excluding hydrogens is 693 g/mol. The maximum Gasteiger partial charge on any atom is 0.333 e. The summed E-state index contributed by atoms with van der Waals surface area (Å²) in [5.41, 5.74) is 8.93. The normalized spacial score (nSPS) is 10.9. The first kappa shape index (κ1) is 37.4. The van der Waals surface area contributed by atoms with Crippen LogP contribution in [-0.4, -0.2) is 25.2 Å². The molecule has 0 N–H and O–H groups in total. The lowest BCUT2D eigenvalue weighted by molar-refractivity contribution is -0.139. The second-order valence-corrected chi connectivity index (χ2v) is 13.9. The lowest BCUT2D eigenvalue weighted by Gasteiger charge is -2.30. The van der Waals surface area contributed by atoms with Crippen LogP contribution in [0.3, 0.4) is 0 Å². The van der Waals surface area contributed by atoms with E-state index in [4.69, 9.17) is 9.47 Å². The monoisotopic (exact) mass is 736 g/mol. The molecule has 0 saturated heterocycles. The number of carbonyl (C=O) groups is 2. The van der Waals surface area contributed by atoms with Crippen molar-refractivity contribution in [3.8, 4) is 0 Å². The Kier molecular flexibility index (Phi) is 11.4. The predicted octanol–water partition coefficient (Wildman–Crippen LogP) is 12.3. The minimum atomic E-state index is -0.382. The number of benzene rings is 7. The van der Waals surface area contributed by atoms with Crippen molar-refractivity contribution < 1.29 is 19.1 Å². The van der Waals surface area contributed by atoms with E-state index in [2.05, 4.69) is 169 Å². The number of hydrogen-bond acceptors (Lipinski definition) is 6. The molecule has 0 aliphatic heterocycles. The maximum absolute atomic E-state index is 12.1. The van der Waals surface area contributed by atoms with Gasteiger partial charge < -0.3 is 19.3 Å². The van der Waals surface area contributed by atoms with E-state index in [0.29, 0.717) is 24.0 Å². The Hall–Kier alpha value is -6.92. The molecule has 6 nitrogen and oxygen atoms in total. The van der Waals surface area contributed by atoms with E-state index >= 15 is 0 Å². The van der Waals surface area contributed by atoms with E-state index < -0.39 is 0 Å². The molecular formula is C50H44N2O4. The fourth-order valence-corrected chi connectivity index (χ4v) is 6.88. The highest BCUT2D eigenvalue weighted by Crippen LogP contribution is 2.43. The average Bonchev–Trinajstić information content (AvgIpc) is 3.22. The number of esters is 2. The van der Waals surface area contributed by atoms with Crippen molar-refractivity contribution in [3.05, 3.63) is 193 Å². The molecule has 278 valence electrons. The van der Waals surface area contributed by atoms with Gasteiger partial charge in [0.2, 0.25) is 0 Å². The molecule has 0 spiro atoms. The van der Waals surface area contributed by atoms with Crippen LogP contribution in [0.15, 0.2) is 182 Å². The summed E-state index contributed by atoms with van der Waals surface area (Å²) < 4.78 is 10.9. The van der Waals surface area contributed by atoms with Crippen LogP contribution in [0.25, 0.3) is 21.5 Å². The molecule has 0 amide bonds. The van der Waals surface area contributed by atoms with E-state index in [1.165, 1.54) is 0 Å². The minimum Gasteiger partial charge on any atom is -0.462 e. The van der Waals surface area contributed by atoms with Crippen LogP contribution in [0.2, 0.25) is 0 Å². The molecule has 0 fully saturated rings. The summed E-state index contributed by atoms with van der Waals surface area (Å²) in [4.78, 5) is 28.7. The number of rotatable bonds is 14. The van der Waals surface area contributed by atoms with Crippen molar-refractivity contribution in [1.82, 2.24) is 0 Å². The van der Waals surface area contributed by atoms with Crippen molar-refractivity contribution in [2.45, 2.75) is 26.7 Å². The van der Waals surface area contributed by atoms with Crippen LogP contribution in [0.1, 0.15) is 25.0 Å². The first-order valence-electron chi connectivity index (χ1n) is 18.8. The van der Waals surface area contributed by atoms with Gasteiger partial charge in [0, 0.05) is 57.5 Å². The Bertz CT molecular complexity index is 2370. The lowest BCUT2D eigenvalue weighted by atomic mass is 10.0. The average molecular weight is 737 g/mol. The Morgan fingerprint density at radius 2 is 0.839 bits per heavy atom. The first-order chi connectivity index (χ1) is 27.3. The molecule has 0 unspecified atom stereocenters. The lowest BCUT2D eigenvalue weighted by Crippen LogP contribution is -2.13. The van der Waals surface area contributed by atoms with Crippen LogP contribution in [0.5, 0.6) is 0 Å². The highest BCUT2D eigenvalue weighted by atomic mass is 16.5. The van der Waals surface area contributed by atoms with Crippen LogP contribution >= 0.6 is 0 Å². The third-order valence-corrected chi connectivity index (χ3v) is 9.66. The quantitative estimate of drug-likeness (QED) is 0.0818. The Morgan fingerprint density at radius 1 is 0.464 bits per heavy atom. The molecule has 0 bridgehead atoms. The number of carbonyl (C=O) groups excluding carboxylic acids is 2. The van der Waals surface area contributed by atoms with Gasteiger partial charge in [-0.25, -0.2) is 9.59 Å². The van der Waals surface area contributed by atoms with Gasteiger partial charge in [0.25, 0.3) is 0 Å². The molecule has 7 aromatic carbocycles. The van der Waals surface area contributed by atoms with Crippen LogP contribution in [-0.2, 0) is 31.9 Å². The van der Waals surface area contributed by atoms with Gasteiger partial charge in [-0.15, -0.1) is 0 Å². The van der Waals surface area contributed by atoms with Crippen molar-refractivity contribution >= 4 is 67.6 Å². The number of anilines is 6. The standard InChI is InChI=1S/C50H44N2O4/c1-35(2)49(53)55-31-29-37-13-9-19-43(33-37)51(47-23-11-17-39-15-5-7-21-45(39)47)41-25-27-42(28-26-41)52(48-24-12-18-40-16-6-8-22-46(40)48)44-20-10-14-38(34-44)30-32-56-50(54)36(3)4/h5-28,33-34H,1,3,29-32H2,2,4H3. The fourth-order valence-electron chi connectivity index (χ4n) is 6.88. The van der Waals surface area contributed by atoms with Gasteiger partial charge in [0.1, 0.15) is 0 Å². The predicted molar refractivity (Wildman–Crippen MR) is 230 cm³/mol. The third kappa shape index (κ3) is 8.40. The first-order valence-corrected chi connectivity index (χ1v) is 18.8. The van der Waals surface area contributed by atoms with E-state index in [9.17, 15) is 9.59 Å². The molecule has 0 aliphatic rings. The highest BCUT2D eigenvalue weighted by Gasteiger charge is 2.19. The zero-order valence-electron chi connectivity index (χ0n) is 31.8. The number of hydrogen-bond donors (Lipinski definition) is 0. The van der Waals surface area contributed by atoms with E-state index in [1.807, 2.05) is 12.1 Å². The molecule has 7 aromatic rings. The topological polar surface area (TPSA) is 59.1 Å². The number of ether oxygens (including phenoxy) is 2. The van der Waals surface area contributed by atoms with E-state index in [0.717, 1.165) is 66.8 Å². The summed E-state index contributed by atoms with van der Waals surface area (Å²) >= 11 is 0. The smallest absolute Gasteiger partial charge is 0.333 e. The van der Waals surface area contributed by atoms with Gasteiger partial charge in [-0.3, -0.25) is 0 Å². The van der Waals surface area contributed by atoms with E-state index in [1.54, 1.807) is 13.8 Å². The Balaban J connectivity index is 1.29. The Labute approximate surface area is 328 Å². The minimum absolute atomic E-state index is 0.267. The zero-order valence-corrected chi connectivity index (χ0v) is 31.8. The highest BCUT2D eigenvalue weighted by molar-refractivity contribution is 6.01. The molecule has 0 aliphatic carbocycles. The summed E-state index contributed by atoms with van der Waals surface area (Å²) in [7, 11) is 0. The zero-order chi connectivity index (χ0) is 39.0. The maximum atomic E-state index is 12.1. The molecule has 7 rings (SSSR count). The van der Waals surface area contributed by atoms with Crippen molar-refractivity contribution in [3.63, 3.8) is 0 Å². The molecule has 0 heterocycles. The molecule has 6 heteroatoms. The number of fused-ring (bicyclic) bond motifs is 2. The summed E-state index contributed by atoms with van der Waals surface area (Å²) in [5.74, 6) is -0.765. The molecule has 0 atom stereocenters. The summed E-state index contributed by atoms with van der Waals surface area (Å²) in [6, 6.07) is 55.0. The van der Waals surface area contributed by atoms with Gasteiger partial charge in [-0.1, -0.05) is 110 Å². The van der Waals surface area contributed by atoms with Crippen molar-refractivity contribution in [1.29, 1.82) is 0 Å². The van der Waals surface area contributed by atoms with Crippen molar-refractivity contribution in [2.24, 2.45) is 0 Å². The summed E-state index contributed by atoms with van der Waals surface area (Å²) in [5, 5.41) is 4.54. The second kappa shape index (κ2) is 17.0. The Morgan fingerprint density at radius 3 is 1.25 bits per heavy atom. The molecule has 56 heavy (non-hydrogen) atoms. The van der Waals surface area contributed by atoms with Gasteiger partial charge in [-0.05, 0) is 96.4 Å². The second-order valence-electron chi connectivity index (χ2n) is 13.9. The van der Waals surface area contributed by atoms with Gasteiger partial charge in [0.05, 0.1) is 24.6 Å². The summed E-state index contributed by atoms with van der Waals surface area (Å²) in [6.07, 6.45) is 1.15. The molecule has 0 aromatic heterocycles. The molecule has 0 saturated carbocycles. The largest absolute Gasteiger partial charge is 0.462 e. The SMILES string of the molecule is C=C(C)C(=O)OCCc1cccc(N(c2ccc(N(c3cccc(CCOC(=O)C(=C)C)c3)c3cccc4ccccc34)cc2)c2cccc3ccccc23)c1. The van der Waals surface area contributed by atoms with Crippen LogP contribution in [0, 0.1) is 0 Å². The van der Waals surface area contributed by atoms with E-state index in [-0.39, 0.29) is 25.2 Å². The number of nitrogens with zero attached hydrogens (tertiary/aromatic N) is 2. The third-order valence-electron chi connectivity index (χ3n) is 9.66. The fraction of sp³-hybridized carbons (Fsp3) is 0.120. The molecule has 0 radical (unpaired) electrons. The van der Waals surface area contributed by atoms with Crippen LogP contribution < -0.4 is 9.80 Å². The summed E-state index contributed by atoms with van der Waals surface area (Å²) in [6.45, 7) is 11.2. The van der Waals surface area contributed by atoms with Gasteiger partial charge in [0.15, 0.2) is 0 Å². The van der Waals surface area contributed by atoms with Gasteiger partial charge in [-0.2, -0.15) is 0 Å².